The van der Waals surface area contributed by atoms with E-state index in [-0.39, 0.29) is 5.92 Å². The molecule has 1 saturated heterocycles. The summed E-state index contributed by atoms with van der Waals surface area (Å²) in [6, 6.07) is 5.44. The SMILES string of the molecule is Cc1ccc(O[C@@H]2O[C@H](C(=O)O)[C@@H](O)[C@H](O)[C@H]2O)c(C(C)C)c1. The first-order chi connectivity index (χ1) is 10.7. The van der Waals surface area contributed by atoms with Crippen molar-refractivity contribution in [3.8, 4) is 5.75 Å². The van der Waals surface area contributed by atoms with E-state index in [4.69, 9.17) is 14.6 Å². The molecule has 1 fully saturated rings. The molecule has 1 heterocycles. The van der Waals surface area contributed by atoms with Crippen LogP contribution in [0.5, 0.6) is 5.75 Å². The minimum absolute atomic E-state index is 0.136. The Labute approximate surface area is 134 Å². The highest BCUT2D eigenvalue weighted by Crippen LogP contribution is 2.31. The van der Waals surface area contributed by atoms with Gasteiger partial charge in [-0.25, -0.2) is 4.79 Å². The van der Waals surface area contributed by atoms with Gasteiger partial charge >= 0.3 is 5.97 Å². The number of hydrogen-bond donors (Lipinski definition) is 4. The molecule has 1 aromatic carbocycles. The molecule has 0 spiro atoms. The van der Waals surface area contributed by atoms with Crippen LogP contribution in [0.15, 0.2) is 18.2 Å². The Kier molecular flexibility index (Phi) is 5.26. The Balaban J connectivity index is 2.26. The fraction of sp³-hybridized carbons (Fsp3) is 0.562. The minimum Gasteiger partial charge on any atom is -0.479 e. The summed E-state index contributed by atoms with van der Waals surface area (Å²) in [7, 11) is 0. The van der Waals surface area contributed by atoms with Gasteiger partial charge in [-0.15, -0.1) is 0 Å². The number of carboxylic acids is 1. The van der Waals surface area contributed by atoms with Crippen LogP contribution in [0.4, 0.5) is 0 Å². The van der Waals surface area contributed by atoms with Crippen molar-refractivity contribution < 1.29 is 34.7 Å². The smallest absolute Gasteiger partial charge is 0.335 e. The molecule has 1 aliphatic heterocycles. The summed E-state index contributed by atoms with van der Waals surface area (Å²) in [6.45, 7) is 5.87. The van der Waals surface area contributed by atoms with Gasteiger partial charge in [-0.3, -0.25) is 0 Å². The highest BCUT2D eigenvalue weighted by molar-refractivity contribution is 5.73. The van der Waals surface area contributed by atoms with Gasteiger partial charge in [-0.2, -0.15) is 0 Å². The topological polar surface area (TPSA) is 116 Å². The van der Waals surface area contributed by atoms with Crippen molar-refractivity contribution in [2.75, 3.05) is 0 Å². The van der Waals surface area contributed by atoms with Gasteiger partial charge in [0.1, 0.15) is 24.1 Å². The molecule has 7 nitrogen and oxygen atoms in total. The molecule has 7 heteroatoms. The summed E-state index contributed by atoms with van der Waals surface area (Å²) < 4.78 is 10.7. The number of aryl methyl sites for hydroxylation is 1. The molecule has 0 aromatic heterocycles. The van der Waals surface area contributed by atoms with Gasteiger partial charge in [-0.1, -0.05) is 31.5 Å². The molecule has 1 aromatic rings. The van der Waals surface area contributed by atoms with E-state index in [0.717, 1.165) is 11.1 Å². The second kappa shape index (κ2) is 6.84. The highest BCUT2D eigenvalue weighted by atomic mass is 16.7. The van der Waals surface area contributed by atoms with Gasteiger partial charge < -0.3 is 29.9 Å². The second-order valence-corrected chi connectivity index (χ2v) is 6.05. The maximum atomic E-state index is 11.1. The predicted octanol–water partition coefficient (Wildman–Crippen LogP) is 0.389. The van der Waals surface area contributed by atoms with Gasteiger partial charge in [0.25, 0.3) is 0 Å². The number of carboxylic acid groups (broad SMARTS) is 1. The average molecular weight is 326 g/mol. The predicted molar refractivity (Wildman–Crippen MR) is 80.2 cm³/mol. The van der Waals surface area contributed by atoms with E-state index in [2.05, 4.69) is 0 Å². The number of hydrogen-bond acceptors (Lipinski definition) is 6. The van der Waals surface area contributed by atoms with Gasteiger partial charge in [0.2, 0.25) is 6.29 Å². The summed E-state index contributed by atoms with van der Waals surface area (Å²) in [4.78, 5) is 11.1. The Morgan fingerprint density at radius 2 is 1.83 bits per heavy atom. The summed E-state index contributed by atoms with van der Waals surface area (Å²) in [5.74, 6) is -0.871. The van der Waals surface area contributed by atoms with Crippen LogP contribution in [0, 0.1) is 6.92 Å². The van der Waals surface area contributed by atoms with E-state index in [0.29, 0.717) is 5.75 Å². The number of ether oxygens (including phenoxy) is 2. The molecule has 4 N–H and O–H groups in total. The fourth-order valence-electron chi connectivity index (χ4n) is 2.50. The van der Waals surface area contributed by atoms with Crippen molar-refractivity contribution >= 4 is 5.97 Å². The standard InChI is InChI=1S/C16H22O7/c1-7(2)9-6-8(3)4-5-10(9)22-16-13(19)11(17)12(18)14(23-16)15(20)21/h4-7,11-14,16-19H,1-3H3,(H,20,21)/t11-,12-,13+,14-,16+/m0/s1. The lowest BCUT2D eigenvalue weighted by molar-refractivity contribution is -0.271. The molecule has 23 heavy (non-hydrogen) atoms. The van der Waals surface area contributed by atoms with E-state index >= 15 is 0 Å². The van der Waals surface area contributed by atoms with Gasteiger partial charge in [0, 0.05) is 0 Å². The number of benzene rings is 1. The van der Waals surface area contributed by atoms with Crippen molar-refractivity contribution in [2.45, 2.75) is 57.4 Å². The van der Waals surface area contributed by atoms with E-state index in [1.807, 2.05) is 32.9 Å². The van der Waals surface area contributed by atoms with Crippen molar-refractivity contribution in [3.63, 3.8) is 0 Å². The van der Waals surface area contributed by atoms with Crippen molar-refractivity contribution in [1.29, 1.82) is 0 Å². The summed E-state index contributed by atoms with van der Waals surface area (Å²) in [5.41, 5.74) is 1.90. The summed E-state index contributed by atoms with van der Waals surface area (Å²) in [6.07, 6.45) is -8.05. The van der Waals surface area contributed by atoms with E-state index in [1.54, 1.807) is 6.07 Å². The largest absolute Gasteiger partial charge is 0.479 e. The third-order valence-corrected chi connectivity index (χ3v) is 3.84. The van der Waals surface area contributed by atoms with Gasteiger partial charge in [-0.05, 0) is 24.5 Å². The summed E-state index contributed by atoms with van der Waals surface area (Å²) >= 11 is 0. The molecular weight excluding hydrogens is 304 g/mol. The first-order valence-electron chi connectivity index (χ1n) is 7.42. The molecule has 0 amide bonds. The number of aliphatic carboxylic acids is 1. The third kappa shape index (κ3) is 3.64. The van der Waals surface area contributed by atoms with Crippen LogP contribution in [-0.2, 0) is 9.53 Å². The zero-order valence-electron chi connectivity index (χ0n) is 13.2. The lowest BCUT2D eigenvalue weighted by Gasteiger charge is -2.38. The average Bonchev–Trinajstić information content (AvgIpc) is 2.48. The van der Waals surface area contributed by atoms with Gasteiger partial charge in [0.05, 0.1) is 0 Å². The van der Waals surface area contributed by atoms with Crippen LogP contribution in [0.3, 0.4) is 0 Å². The molecule has 0 unspecified atom stereocenters. The van der Waals surface area contributed by atoms with Crippen molar-refractivity contribution in [2.24, 2.45) is 0 Å². The maximum Gasteiger partial charge on any atom is 0.335 e. The molecule has 1 aliphatic rings. The first kappa shape index (κ1) is 17.7. The van der Waals surface area contributed by atoms with Crippen LogP contribution < -0.4 is 4.74 Å². The van der Waals surface area contributed by atoms with Gasteiger partial charge in [0.15, 0.2) is 6.10 Å². The number of aliphatic hydroxyl groups excluding tert-OH is 3. The number of carbonyl (C=O) groups is 1. The molecule has 0 saturated carbocycles. The molecule has 0 radical (unpaired) electrons. The Hall–Kier alpha value is -1.67. The summed E-state index contributed by atoms with van der Waals surface area (Å²) in [5, 5.41) is 38.5. The minimum atomic E-state index is -1.73. The second-order valence-electron chi connectivity index (χ2n) is 6.05. The Morgan fingerprint density at radius 3 is 2.39 bits per heavy atom. The Morgan fingerprint density at radius 1 is 1.17 bits per heavy atom. The van der Waals surface area contributed by atoms with Crippen LogP contribution >= 0.6 is 0 Å². The number of rotatable bonds is 4. The monoisotopic (exact) mass is 326 g/mol. The lowest BCUT2D eigenvalue weighted by Crippen LogP contribution is -2.61. The molecular formula is C16H22O7. The molecule has 128 valence electrons. The van der Waals surface area contributed by atoms with Crippen LogP contribution in [0.2, 0.25) is 0 Å². The highest BCUT2D eigenvalue weighted by Gasteiger charge is 2.48. The van der Waals surface area contributed by atoms with Crippen LogP contribution in [0.25, 0.3) is 0 Å². The zero-order valence-corrected chi connectivity index (χ0v) is 13.2. The van der Waals surface area contributed by atoms with Crippen LogP contribution in [0.1, 0.15) is 30.9 Å². The quantitative estimate of drug-likeness (QED) is 0.632. The molecule has 0 aliphatic carbocycles. The van der Waals surface area contributed by atoms with Crippen molar-refractivity contribution in [1.82, 2.24) is 0 Å². The van der Waals surface area contributed by atoms with Crippen LogP contribution in [-0.4, -0.2) is 57.1 Å². The number of aliphatic hydroxyl groups is 3. The third-order valence-electron chi connectivity index (χ3n) is 3.84. The first-order valence-corrected chi connectivity index (χ1v) is 7.42. The molecule has 5 atom stereocenters. The van der Waals surface area contributed by atoms with Crippen molar-refractivity contribution in [3.05, 3.63) is 29.3 Å². The zero-order chi connectivity index (χ0) is 17.3. The van der Waals surface area contributed by atoms with E-state index in [9.17, 15) is 20.1 Å². The fourth-order valence-corrected chi connectivity index (χ4v) is 2.50. The van der Waals surface area contributed by atoms with E-state index < -0.39 is 36.7 Å². The Bertz CT molecular complexity index is 572. The molecule has 0 bridgehead atoms. The lowest BCUT2D eigenvalue weighted by atomic mass is 9.98. The van der Waals surface area contributed by atoms with E-state index in [1.165, 1.54) is 0 Å². The maximum absolute atomic E-state index is 11.1. The normalized spacial score (nSPS) is 31.2. The molecule has 2 rings (SSSR count).